The third-order valence-electron chi connectivity index (χ3n) is 5.24. The molecular weight excluding hydrogens is 419 g/mol. The molecule has 1 saturated heterocycles. The molecular formula is C23H22ClFN4O2. The second-order valence-electron chi connectivity index (χ2n) is 7.76. The first kappa shape index (κ1) is 21.1. The fraction of sp³-hybridized carbons (Fsp3) is 0.261. The van der Waals surface area contributed by atoms with Crippen LogP contribution in [0.1, 0.15) is 48.7 Å². The third-order valence-corrected chi connectivity index (χ3v) is 5.54. The quantitative estimate of drug-likeness (QED) is 0.595. The van der Waals surface area contributed by atoms with Gasteiger partial charge in [-0.25, -0.2) is 9.07 Å². The van der Waals surface area contributed by atoms with Crippen molar-refractivity contribution in [2.24, 2.45) is 0 Å². The Kier molecular flexibility index (Phi) is 5.78. The third kappa shape index (κ3) is 4.18. The molecule has 1 N–H and O–H groups in total. The maximum absolute atomic E-state index is 13.3. The van der Waals surface area contributed by atoms with Crippen molar-refractivity contribution in [1.29, 1.82) is 0 Å². The normalized spacial score (nSPS) is 13.8. The van der Waals surface area contributed by atoms with E-state index in [1.165, 1.54) is 18.3 Å². The number of carbonyl (C=O) groups is 2. The van der Waals surface area contributed by atoms with E-state index in [4.69, 9.17) is 11.6 Å². The van der Waals surface area contributed by atoms with Gasteiger partial charge in [-0.15, -0.1) is 0 Å². The first-order chi connectivity index (χ1) is 14.8. The van der Waals surface area contributed by atoms with Crippen molar-refractivity contribution in [2.45, 2.75) is 32.6 Å². The molecule has 2 heterocycles. The predicted molar refractivity (Wildman–Crippen MR) is 119 cm³/mol. The molecule has 0 radical (unpaired) electrons. The number of hydrogen-bond acceptors (Lipinski definition) is 3. The van der Waals surface area contributed by atoms with Crippen LogP contribution < -0.4 is 10.2 Å². The first-order valence-corrected chi connectivity index (χ1v) is 10.5. The first-order valence-electron chi connectivity index (χ1n) is 10.1. The number of carbonyl (C=O) groups excluding carboxylic acids is 2. The van der Waals surface area contributed by atoms with Gasteiger partial charge < -0.3 is 10.2 Å². The van der Waals surface area contributed by atoms with Crippen molar-refractivity contribution in [3.8, 4) is 5.69 Å². The number of benzene rings is 2. The zero-order valence-electron chi connectivity index (χ0n) is 17.2. The van der Waals surface area contributed by atoms with E-state index in [1.807, 2.05) is 13.8 Å². The summed E-state index contributed by atoms with van der Waals surface area (Å²) >= 11 is 6.39. The van der Waals surface area contributed by atoms with Gasteiger partial charge in [0, 0.05) is 18.7 Å². The van der Waals surface area contributed by atoms with Crippen molar-refractivity contribution in [3.05, 3.63) is 70.8 Å². The second-order valence-corrected chi connectivity index (χ2v) is 8.16. The van der Waals surface area contributed by atoms with Gasteiger partial charge in [0.15, 0.2) is 0 Å². The number of aromatic nitrogens is 2. The Morgan fingerprint density at radius 2 is 1.94 bits per heavy atom. The summed E-state index contributed by atoms with van der Waals surface area (Å²) < 4.78 is 14.9. The second kappa shape index (κ2) is 8.51. The number of nitrogens with zero attached hydrogens (tertiary/aromatic N) is 3. The van der Waals surface area contributed by atoms with Crippen LogP contribution >= 0.6 is 11.6 Å². The smallest absolute Gasteiger partial charge is 0.259 e. The number of hydrogen-bond donors (Lipinski definition) is 1. The number of halogens is 2. The van der Waals surface area contributed by atoms with Crippen LogP contribution in [0.5, 0.6) is 0 Å². The summed E-state index contributed by atoms with van der Waals surface area (Å²) in [4.78, 5) is 26.7. The molecule has 1 aliphatic heterocycles. The highest BCUT2D eigenvalue weighted by Gasteiger charge is 2.24. The van der Waals surface area contributed by atoms with Crippen molar-refractivity contribution in [2.75, 3.05) is 16.8 Å². The Morgan fingerprint density at radius 1 is 1.19 bits per heavy atom. The fourth-order valence-corrected chi connectivity index (χ4v) is 4.06. The van der Waals surface area contributed by atoms with Gasteiger partial charge in [0.25, 0.3) is 5.91 Å². The maximum Gasteiger partial charge on any atom is 0.259 e. The molecule has 8 heteroatoms. The summed E-state index contributed by atoms with van der Waals surface area (Å²) in [5.74, 6) is -0.608. The van der Waals surface area contributed by atoms with Crippen LogP contribution in [0, 0.1) is 5.82 Å². The molecule has 1 aromatic heterocycles. The Bertz CT molecular complexity index is 1140. The maximum atomic E-state index is 13.3. The molecule has 0 bridgehead atoms. The largest absolute Gasteiger partial charge is 0.322 e. The molecule has 0 spiro atoms. The molecule has 0 saturated carbocycles. The minimum atomic E-state index is -0.337. The molecule has 3 aromatic rings. The average Bonchev–Trinajstić information content (AvgIpc) is 3.35. The summed E-state index contributed by atoms with van der Waals surface area (Å²) in [5.41, 5.74) is 2.99. The number of nitrogens with one attached hydrogen (secondary N) is 1. The predicted octanol–water partition coefficient (Wildman–Crippen LogP) is 5.17. The molecule has 2 amide bonds. The standard InChI is InChI=1S/C23H22ClFN4O2/c1-14(2)22-18(13-26-29(22)17-8-5-15(25)6-9-17)23(31)27-16-7-10-20(19(24)12-16)28-11-3-4-21(28)30/h5-10,12-14H,3-4,11H2,1-2H3,(H,27,31). The highest BCUT2D eigenvalue weighted by Crippen LogP contribution is 2.32. The fourth-order valence-electron chi connectivity index (χ4n) is 3.78. The van der Waals surface area contributed by atoms with Gasteiger partial charge in [-0.1, -0.05) is 25.4 Å². The minimum Gasteiger partial charge on any atom is -0.322 e. The lowest BCUT2D eigenvalue weighted by Gasteiger charge is -2.18. The Labute approximate surface area is 184 Å². The van der Waals surface area contributed by atoms with Gasteiger partial charge in [-0.2, -0.15) is 5.10 Å². The van der Waals surface area contributed by atoms with Crippen LogP contribution in [0.2, 0.25) is 5.02 Å². The molecule has 1 aliphatic rings. The van der Waals surface area contributed by atoms with Crippen LogP contribution in [0.25, 0.3) is 5.69 Å². The lowest BCUT2D eigenvalue weighted by atomic mass is 10.0. The Hall–Kier alpha value is -3.19. The molecule has 2 aromatic carbocycles. The number of anilines is 2. The monoisotopic (exact) mass is 440 g/mol. The number of rotatable bonds is 5. The van der Waals surface area contributed by atoms with E-state index < -0.39 is 0 Å². The SMILES string of the molecule is CC(C)c1c(C(=O)Nc2ccc(N3CCCC3=O)c(Cl)c2)cnn1-c1ccc(F)cc1. The van der Waals surface area contributed by atoms with E-state index in [0.29, 0.717) is 40.6 Å². The van der Waals surface area contributed by atoms with Gasteiger partial charge in [0.2, 0.25) is 5.91 Å². The Morgan fingerprint density at radius 3 is 2.55 bits per heavy atom. The van der Waals surface area contributed by atoms with Crippen LogP contribution in [0.4, 0.5) is 15.8 Å². The van der Waals surface area contributed by atoms with Crippen LogP contribution in [-0.2, 0) is 4.79 Å². The summed E-state index contributed by atoms with van der Waals surface area (Å²) in [6.07, 6.45) is 2.83. The van der Waals surface area contributed by atoms with Crippen molar-refractivity contribution < 1.29 is 14.0 Å². The zero-order chi connectivity index (χ0) is 22.1. The summed E-state index contributed by atoms with van der Waals surface area (Å²) in [6.45, 7) is 4.57. The zero-order valence-corrected chi connectivity index (χ0v) is 18.0. The molecule has 0 unspecified atom stereocenters. The van der Waals surface area contributed by atoms with Gasteiger partial charge in [0.05, 0.1) is 33.9 Å². The molecule has 160 valence electrons. The van der Waals surface area contributed by atoms with Crippen LogP contribution in [0.3, 0.4) is 0 Å². The van der Waals surface area contributed by atoms with E-state index in [0.717, 1.165) is 12.1 Å². The highest BCUT2D eigenvalue weighted by atomic mass is 35.5. The van der Waals surface area contributed by atoms with E-state index >= 15 is 0 Å². The van der Waals surface area contributed by atoms with Gasteiger partial charge >= 0.3 is 0 Å². The summed E-state index contributed by atoms with van der Waals surface area (Å²) in [6, 6.07) is 11.1. The highest BCUT2D eigenvalue weighted by molar-refractivity contribution is 6.34. The van der Waals surface area contributed by atoms with E-state index in [1.54, 1.807) is 39.9 Å². The summed E-state index contributed by atoms with van der Waals surface area (Å²) in [5, 5.41) is 7.61. The summed E-state index contributed by atoms with van der Waals surface area (Å²) in [7, 11) is 0. The molecule has 6 nitrogen and oxygen atoms in total. The van der Waals surface area contributed by atoms with Crippen LogP contribution in [-0.4, -0.2) is 28.1 Å². The minimum absolute atomic E-state index is 0.000413. The Balaban J connectivity index is 1.59. The molecule has 0 atom stereocenters. The van der Waals surface area contributed by atoms with E-state index in [2.05, 4.69) is 10.4 Å². The lowest BCUT2D eigenvalue weighted by molar-refractivity contribution is -0.117. The van der Waals surface area contributed by atoms with E-state index in [9.17, 15) is 14.0 Å². The van der Waals surface area contributed by atoms with Crippen molar-refractivity contribution in [3.63, 3.8) is 0 Å². The number of amides is 2. The van der Waals surface area contributed by atoms with E-state index in [-0.39, 0.29) is 23.5 Å². The average molecular weight is 441 g/mol. The van der Waals surface area contributed by atoms with Crippen LogP contribution in [0.15, 0.2) is 48.7 Å². The lowest BCUT2D eigenvalue weighted by Crippen LogP contribution is -2.24. The molecule has 1 fully saturated rings. The van der Waals surface area contributed by atoms with Gasteiger partial charge in [-0.3, -0.25) is 9.59 Å². The van der Waals surface area contributed by atoms with Gasteiger partial charge in [0.1, 0.15) is 5.82 Å². The molecule has 31 heavy (non-hydrogen) atoms. The van der Waals surface area contributed by atoms with Crippen molar-refractivity contribution >= 4 is 34.8 Å². The molecule has 0 aliphatic carbocycles. The molecule has 4 rings (SSSR count). The van der Waals surface area contributed by atoms with Gasteiger partial charge in [-0.05, 0) is 54.8 Å². The van der Waals surface area contributed by atoms with Crippen molar-refractivity contribution in [1.82, 2.24) is 9.78 Å². The topological polar surface area (TPSA) is 67.2 Å².